The topological polar surface area (TPSA) is 17.1 Å². The molecule has 0 aliphatic rings. The van der Waals surface area contributed by atoms with Gasteiger partial charge in [0.05, 0.1) is 0 Å². The molecule has 0 spiro atoms. The number of unbranched alkanes of at least 4 members (excludes halogenated alkanes) is 5. The highest BCUT2D eigenvalue weighted by molar-refractivity contribution is 5.72. The highest BCUT2D eigenvalue weighted by atomic mass is 16.1. The van der Waals surface area contributed by atoms with E-state index in [2.05, 4.69) is 13.2 Å². The van der Waals surface area contributed by atoms with Gasteiger partial charge in [-0.05, 0) is 39.5 Å². The van der Waals surface area contributed by atoms with Crippen molar-refractivity contribution in [3.05, 3.63) is 25.3 Å². The molecule has 0 radical (unpaired) electrons. The zero-order chi connectivity index (χ0) is 11.2. The highest BCUT2D eigenvalue weighted by Gasteiger charge is 1.85. The molecule has 82 valence electrons. The summed E-state index contributed by atoms with van der Waals surface area (Å²) in [5.41, 5.74) is 0. The van der Waals surface area contributed by atoms with E-state index < -0.39 is 0 Å². The Kier molecular flexibility index (Phi) is 16.4. The molecule has 0 aromatic heterocycles. The van der Waals surface area contributed by atoms with Gasteiger partial charge in [0.1, 0.15) is 5.78 Å². The molecule has 0 atom stereocenters. The quantitative estimate of drug-likeness (QED) is 0.438. The Bertz CT molecular complexity index is 131. The van der Waals surface area contributed by atoms with Crippen LogP contribution in [0.3, 0.4) is 0 Å². The predicted molar refractivity (Wildman–Crippen MR) is 64.5 cm³/mol. The third-order valence-electron chi connectivity index (χ3n) is 1.57. The highest BCUT2D eigenvalue weighted by Crippen LogP contribution is 2.05. The molecule has 0 N–H and O–H groups in total. The molecular weight excluding hydrogens is 172 g/mol. The summed E-state index contributed by atoms with van der Waals surface area (Å²) in [5.74, 6) is 0.167. The zero-order valence-corrected chi connectivity index (χ0v) is 9.72. The van der Waals surface area contributed by atoms with E-state index in [4.69, 9.17) is 0 Å². The first-order valence-electron chi connectivity index (χ1n) is 5.34. The van der Waals surface area contributed by atoms with Crippen LogP contribution in [0.2, 0.25) is 0 Å². The Morgan fingerprint density at radius 3 is 1.43 bits per heavy atom. The van der Waals surface area contributed by atoms with Gasteiger partial charge in [-0.1, -0.05) is 25.0 Å². The van der Waals surface area contributed by atoms with Crippen LogP contribution in [0.25, 0.3) is 0 Å². The molecule has 0 heterocycles. The first-order chi connectivity index (χ1) is 6.65. The lowest BCUT2D eigenvalue weighted by atomic mass is 10.1. The van der Waals surface area contributed by atoms with E-state index in [9.17, 15) is 4.79 Å². The van der Waals surface area contributed by atoms with Gasteiger partial charge >= 0.3 is 0 Å². The number of Topliss-reactive ketones (excluding diaryl/α,β-unsaturated/α-hetero) is 1. The Labute approximate surface area is 88.9 Å². The summed E-state index contributed by atoms with van der Waals surface area (Å²) in [6.07, 6.45) is 11.6. The maximum absolute atomic E-state index is 9.44. The largest absolute Gasteiger partial charge is 0.300 e. The predicted octanol–water partition coefficient (Wildman–Crippen LogP) is 4.29. The molecule has 1 nitrogen and oxygen atoms in total. The van der Waals surface area contributed by atoms with Crippen LogP contribution in [-0.2, 0) is 4.79 Å². The number of rotatable bonds is 7. The van der Waals surface area contributed by atoms with Gasteiger partial charge in [0.15, 0.2) is 0 Å². The number of carbonyl (C=O) groups excluding carboxylic acids is 1. The Morgan fingerprint density at radius 2 is 1.21 bits per heavy atom. The minimum Gasteiger partial charge on any atom is -0.300 e. The van der Waals surface area contributed by atoms with Gasteiger partial charge in [-0.15, -0.1) is 13.2 Å². The van der Waals surface area contributed by atoms with Crippen molar-refractivity contribution in [2.24, 2.45) is 0 Å². The third-order valence-corrected chi connectivity index (χ3v) is 1.57. The summed E-state index contributed by atoms with van der Waals surface area (Å²) in [7, 11) is 0. The lowest BCUT2D eigenvalue weighted by molar-refractivity contribution is -0.114. The SMILES string of the molecule is C=CCCCCCCC=C.CC(C)=O. The lowest BCUT2D eigenvalue weighted by Gasteiger charge is -1.95. The second-order valence-electron chi connectivity index (χ2n) is 3.48. The van der Waals surface area contributed by atoms with Gasteiger partial charge in [0, 0.05) is 0 Å². The maximum atomic E-state index is 9.44. The van der Waals surface area contributed by atoms with Gasteiger partial charge in [-0.25, -0.2) is 0 Å². The van der Waals surface area contributed by atoms with E-state index in [-0.39, 0.29) is 5.78 Å². The van der Waals surface area contributed by atoms with Crippen molar-refractivity contribution in [3.8, 4) is 0 Å². The molecule has 14 heavy (non-hydrogen) atoms. The van der Waals surface area contributed by atoms with Crippen LogP contribution in [0.4, 0.5) is 0 Å². The van der Waals surface area contributed by atoms with Crippen molar-refractivity contribution < 1.29 is 4.79 Å². The van der Waals surface area contributed by atoms with Gasteiger partial charge < -0.3 is 4.79 Å². The molecule has 0 aliphatic heterocycles. The van der Waals surface area contributed by atoms with Crippen molar-refractivity contribution in [1.29, 1.82) is 0 Å². The van der Waals surface area contributed by atoms with Crippen LogP contribution in [-0.4, -0.2) is 5.78 Å². The van der Waals surface area contributed by atoms with Crippen LogP contribution in [0, 0.1) is 0 Å². The second kappa shape index (κ2) is 14.7. The molecular formula is C13H24O. The van der Waals surface area contributed by atoms with Crippen LogP contribution in [0.15, 0.2) is 25.3 Å². The standard InChI is InChI=1S/C10H18.C3H6O/c1-3-5-7-9-10-8-6-4-2;1-3(2)4/h3-4H,1-2,5-10H2;1-2H3. The molecule has 0 saturated heterocycles. The molecule has 0 amide bonds. The summed E-state index contributed by atoms with van der Waals surface area (Å²) in [6, 6.07) is 0. The van der Waals surface area contributed by atoms with Crippen molar-refractivity contribution in [3.63, 3.8) is 0 Å². The van der Waals surface area contributed by atoms with Crippen LogP contribution >= 0.6 is 0 Å². The summed E-state index contributed by atoms with van der Waals surface area (Å²) in [5, 5.41) is 0. The minimum atomic E-state index is 0.167. The first kappa shape index (κ1) is 15.6. The number of hydrogen-bond donors (Lipinski definition) is 0. The van der Waals surface area contributed by atoms with Crippen molar-refractivity contribution in [1.82, 2.24) is 0 Å². The van der Waals surface area contributed by atoms with Crippen molar-refractivity contribution in [2.45, 2.75) is 52.4 Å². The molecule has 0 bridgehead atoms. The van der Waals surface area contributed by atoms with Crippen LogP contribution in [0.5, 0.6) is 0 Å². The summed E-state index contributed by atoms with van der Waals surface area (Å²) in [4.78, 5) is 9.44. The van der Waals surface area contributed by atoms with E-state index in [0.717, 1.165) is 0 Å². The van der Waals surface area contributed by atoms with Crippen LogP contribution in [0.1, 0.15) is 52.4 Å². The third kappa shape index (κ3) is 30.4. The Morgan fingerprint density at radius 1 is 0.929 bits per heavy atom. The van der Waals surface area contributed by atoms with Gasteiger partial charge in [-0.2, -0.15) is 0 Å². The number of carbonyl (C=O) groups is 1. The molecule has 0 rings (SSSR count). The maximum Gasteiger partial charge on any atom is 0.126 e. The van der Waals surface area contributed by atoms with Crippen molar-refractivity contribution >= 4 is 5.78 Å². The molecule has 0 aliphatic carbocycles. The zero-order valence-electron chi connectivity index (χ0n) is 9.72. The fourth-order valence-corrected chi connectivity index (χ4v) is 0.931. The average Bonchev–Trinajstić information content (AvgIpc) is 2.10. The molecule has 0 saturated carbocycles. The van der Waals surface area contributed by atoms with Gasteiger partial charge in [0.25, 0.3) is 0 Å². The van der Waals surface area contributed by atoms with Gasteiger partial charge in [-0.3, -0.25) is 0 Å². The Hall–Kier alpha value is -0.850. The van der Waals surface area contributed by atoms with Gasteiger partial charge in [0.2, 0.25) is 0 Å². The summed E-state index contributed by atoms with van der Waals surface area (Å²) < 4.78 is 0. The van der Waals surface area contributed by atoms with E-state index in [1.54, 1.807) is 0 Å². The fourth-order valence-electron chi connectivity index (χ4n) is 0.931. The minimum absolute atomic E-state index is 0.167. The monoisotopic (exact) mass is 196 g/mol. The average molecular weight is 196 g/mol. The smallest absolute Gasteiger partial charge is 0.126 e. The fraction of sp³-hybridized carbons (Fsp3) is 0.615. The van der Waals surface area contributed by atoms with E-state index in [1.807, 2.05) is 12.2 Å². The summed E-state index contributed by atoms with van der Waals surface area (Å²) in [6.45, 7) is 10.4. The molecule has 0 aromatic carbocycles. The number of hydrogen-bond acceptors (Lipinski definition) is 1. The second-order valence-corrected chi connectivity index (χ2v) is 3.48. The molecule has 0 unspecified atom stereocenters. The van der Waals surface area contributed by atoms with E-state index >= 15 is 0 Å². The first-order valence-corrected chi connectivity index (χ1v) is 5.34. The van der Waals surface area contributed by atoms with E-state index in [0.29, 0.717) is 0 Å². The van der Waals surface area contributed by atoms with E-state index in [1.165, 1.54) is 52.4 Å². The molecule has 1 heteroatoms. The number of ketones is 1. The lowest BCUT2D eigenvalue weighted by Crippen LogP contribution is -1.75. The molecule has 0 aromatic rings. The van der Waals surface area contributed by atoms with Crippen LogP contribution < -0.4 is 0 Å². The summed E-state index contributed by atoms with van der Waals surface area (Å²) >= 11 is 0. The normalized spacial score (nSPS) is 8.43. The Balaban J connectivity index is 0. The molecule has 0 fully saturated rings. The number of allylic oxidation sites excluding steroid dienone is 2. The van der Waals surface area contributed by atoms with Crippen molar-refractivity contribution in [2.75, 3.05) is 0 Å².